The summed E-state index contributed by atoms with van der Waals surface area (Å²) in [7, 11) is 2.08. The predicted molar refractivity (Wildman–Crippen MR) is 86.0 cm³/mol. The van der Waals surface area contributed by atoms with Gasteiger partial charge in [-0.1, -0.05) is 40.2 Å². The molecule has 0 heterocycles. The Hall–Kier alpha value is -1.32. The van der Waals surface area contributed by atoms with Gasteiger partial charge >= 0.3 is 0 Å². The number of benzene rings is 2. The van der Waals surface area contributed by atoms with Crippen molar-refractivity contribution in [3.05, 3.63) is 58.1 Å². The first-order chi connectivity index (χ1) is 9.00. The molecule has 0 aromatic heterocycles. The number of nitrogens with two attached hydrogens (primary N) is 1. The number of halogens is 1. The van der Waals surface area contributed by atoms with E-state index in [4.69, 9.17) is 5.73 Å². The predicted octanol–water partition coefficient (Wildman–Crippen LogP) is 4.55. The van der Waals surface area contributed by atoms with Crippen molar-refractivity contribution in [2.45, 2.75) is 19.9 Å². The van der Waals surface area contributed by atoms with E-state index in [0.29, 0.717) is 0 Å². The van der Waals surface area contributed by atoms with E-state index in [1.54, 1.807) is 0 Å². The average Bonchev–Trinajstić information content (AvgIpc) is 2.38. The maximum absolute atomic E-state index is 5.93. The van der Waals surface area contributed by atoms with Crippen molar-refractivity contribution < 1.29 is 0 Å². The number of hydrogen-bond acceptors (Lipinski definition) is 2. The lowest BCUT2D eigenvalue weighted by Crippen LogP contribution is -2.12. The van der Waals surface area contributed by atoms with Crippen LogP contribution >= 0.6 is 15.9 Å². The summed E-state index contributed by atoms with van der Waals surface area (Å²) in [5.41, 5.74) is 10.7. The quantitative estimate of drug-likeness (QED) is 0.899. The molecule has 0 unspecified atom stereocenters. The fraction of sp³-hybridized carbons (Fsp3) is 0.250. The van der Waals surface area contributed by atoms with Crippen molar-refractivity contribution >= 4 is 27.3 Å². The van der Waals surface area contributed by atoms with Gasteiger partial charge in [-0.25, -0.2) is 0 Å². The normalized spacial score (nSPS) is 12.3. The first-order valence-electron chi connectivity index (χ1n) is 6.35. The molecule has 2 rings (SSSR count). The molecular formula is C16H19BrN2. The molecule has 0 aliphatic carbocycles. The summed E-state index contributed by atoms with van der Waals surface area (Å²) in [5, 5.41) is 0. The highest BCUT2D eigenvalue weighted by molar-refractivity contribution is 9.10. The minimum Gasteiger partial charge on any atom is -0.344 e. The van der Waals surface area contributed by atoms with Gasteiger partial charge < -0.3 is 10.6 Å². The summed E-state index contributed by atoms with van der Waals surface area (Å²) in [6.07, 6.45) is 0. The van der Waals surface area contributed by atoms with Crippen LogP contribution in [0.1, 0.15) is 24.1 Å². The second kappa shape index (κ2) is 5.76. The standard InChI is InChI=1S/C16H19BrN2/c1-11-6-4-5-7-16(11)19(3)13-8-9-14(12(2)18)15(17)10-13/h4-10,12H,18H2,1-3H3/t12-/m0/s1. The van der Waals surface area contributed by atoms with Crippen LogP contribution in [-0.4, -0.2) is 7.05 Å². The molecule has 3 heteroatoms. The Bertz CT molecular complexity index is 579. The molecule has 0 fully saturated rings. The summed E-state index contributed by atoms with van der Waals surface area (Å²) >= 11 is 3.60. The van der Waals surface area contributed by atoms with Gasteiger partial charge in [0.1, 0.15) is 0 Å². The maximum atomic E-state index is 5.93. The molecule has 0 saturated carbocycles. The molecule has 0 bridgehead atoms. The first kappa shape index (κ1) is 14.1. The van der Waals surface area contributed by atoms with E-state index in [9.17, 15) is 0 Å². The molecular weight excluding hydrogens is 300 g/mol. The molecule has 1 atom stereocenters. The van der Waals surface area contributed by atoms with E-state index in [2.05, 4.69) is 77.3 Å². The molecule has 2 nitrogen and oxygen atoms in total. The fourth-order valence-corrected chi connectivity index (χ4v) is 2.90. The molecule has 2 aromatic rings. The van der Waals surface area contributed by atoms with Crippen LogP contribution < -0.4 is 10.6 Å². The zero-order valence-electron chi connectivity index (χ0n) is 11.5. The molecule has 0 saturated heterocycles. The molecule has 0 spiro atoms. The molecule has 0 aliphatic rings. The van der Waals surface area contributed by atoms with Crippen molar-refractivity contribution in [2.75, 3.05) is 11.9 Å². The molecule has 0 amide bonds. The third-order valence-corrected chi connectivity index (χ3v) is 4.03. The summed E-state index contributed by atoms with van der Waals surface area (Å²) in [4.78, 5) is 2.19. The highest BCUT2D eigenvalue weighted by atomic mass is 79.9. The summed E-state index contributed by atoms with van der Waals surface area (Å²) in [6.45, 7) is 4.11. The van der Waals surface area contributed by atoms with E-state index in [0.717, 1.165) is 15.7 Å². The van der Waals surface area contributed by atoms with Crippen LogP contribution in [0.25, 0.3) is 0 Å². The third kappa shape index (κ3) is 2.99. The van der Waals surface area contributed by atoms with E-state index >= 15 is 0 Å². The van der Waals surface area contributed by atoms with Crippen LogP contribution in [0, 0.1) is 6.92 Å². The molecule has 0 aliphatic heterocycles. The second-order valence-electron chi connectivity index (χ2n) is 4.84. The average molecular weight is 319 g/mol. The zero-order valence-corrected chi connectivity index (χ0v) is 13.1. The van der Waals surface area contributed by atoms with Gasteiger partial charge in [0, 0.05) is 28.9 Å². The van der Waals surface area contributed by atoms with Gasteiger partial charge in [-0.05, 0) is 43.2 Å². The lowest BCUT2D eigenvalue weighted by molar-refractivity contribution is 0.813. The van der Waals surface area contributed by atoms with Gasteiger partial charge in [0.05, 0.1) is 0 Å². The van der Waals surface area contributed by atoms with Crippen LogP contribution in [0.2, 0.25) is 0 Å². The summed E-state index contributed by atoms with van der Waals surface area (Å²) < 4.78 is 1.06. The number of rotatable bonds is 3. The van der Waals surface area contributed by atoms with Crippen LogP contribution in [0.5, 0.6) is 0 Å². The van der Waals surface area contributed by atoms with Gasteiger partial charge in [-0.15, -0.1) is 0 Å². The molecule has 100 valence electrons. The number of hydrogen-bond donors (Lipinski definition) is 1. The Morgan fingerprint density at radius 1 is 1.16 bits per heavy atom. The summed E-state index contributed by atoms with van der Waals surface area (Å²) in [6, 6.07) is 14.7. The Morgan fingerprint density at radius 3 is 2.42 bits per heavy atom. The number of aryl methyl sites for hydroxylation is 1. The fourth-order valence-electron chi connectivity index (χ4n) is 2.17. The lowest BCUT2D eigenvalue weighted by atomic mass is 10.1. The smallest absolute Gasteiger partial charge is 0.0437 e. The van der Waals surface area contributed by atoms with Crippen molar-refractivity contribution in [2.24, 2.45) is 5.73 Å². The van der Waals surface area contributed by atoms with Gasteiger partial charge in [0.2, 0.25) is 0 Å². The zero-order chi connectivity index (χ0) is 14.0. The van der Waals surface area contributed by atoms with Crippen LogP contribution in [0.4, 0.5) is 11.4 Å². The second-order valence-corrected chi connectivity index (χ2v) is 5.69. The monoisotopic (exact) mass is 318 g/mol. The van der Waals surface area contributed by atoms with E-state index in [1.807, 2.05) is 6.92 Å². The van der Waals surface area contributed by atoms with Crippen LogP contribution in [-0.2, 0) is 0 Å². The Balaban J connectivity index is 2.38. The van der Waals surface area contributed by atoms with Gasteiger partial charge in [0.15, 0.2) is 0 Å². The summed E-state index contributed by atoms with van der Waals surface area (Å²) in [5.74, 6) is 0. The highest BCUT2D eigenvalue weighted by Crippen LogP contribution is 2.31. The number of nitrogens with zero attached hydrogens (tertiary/aromatic N) is 1. The molecule has 19 heavy (non-hydrogen) atoms. The van der Waals surface area contributed by atoms with Gasteiger partial charge in [-0.2, -0.15) is 0 Å². The minimum atomic E-state index is 0.0344. The topological polar surface area (TPSA) is 29.3 Å². The van der Waals surface area contributed by atoms with E-state index < -0.39 is 0 Å². The minimum absolute atomic E-state index is 0.0344. The van der Waals surface area contributed by atoms with Crippen LogP contribution in [0.15, 0.2) is 46.9 Å². The largest absolute Gasteiger partial charge is 0.344 e. The van der Waals surface area contributed by atoms with Crippen molar-refractivity contribution in [3.8, 4) is 0 Å². The Kier molecular flexibility index (Phi) is 4.27. The molecule has 2 aromatic carbocycles. The number of para-hydroxylation sites is 1. The molecule has 2 N–H and O–H groups in total. The van der Waals surface area contributed by atoms with Crippen LogP contribution in [0.3, 0.4) is 0 Å². The lowest BCUT2D eigenvalue weighted by Gasteiger charge is -2.22. The van der Waals surface area contributed by atoms with Gasteiger partial charge in [0.25, 0.3) is 0 Å². The van der Waals surface area contributed by atoms with Gasteiger partial charge in [-0.3, -0.25) is 0 Å². The Morgan fingerprint density at radius 2 is 1.84 bits per heavy atom. The highest BCUT2D eigenvalue weighted by Gasteiger charge is 2.10. The van der Waals surface area contributed by atoms with E-state index in [-0.39, 0.29) is 6.04 Å². The first-order valence-corrected chi connectivity index (χ1v) is 7.14. The van der Waals surface area contributed by atoms with Crippen molar-refractivity contribution in [1.29, 1.82) is 0 Å². The maximum Gasteiger partial charge on any atom is 0.0437 e. The number of anilines is 2. The van der Waals surface area contributed by atoms with Crippen molar-refractivity contribution in [1.82, 2.24) is 0 Å². The van der Waals surface area contributed by atoms with Crippen molar-refractivity contribution in [3.63, 3.8) is 0 Å². The SMILES string of the molecule is Cc1ccccc1N(C)c1ccc([C@H](C)N)c(Br)c1. The van der Waals surface area contributed by atoms with E-state index in [1.165, 1.54) is 11.3 Å². The molecule has 0 radical (unpaired) electrons. The Labute approximate surface area is 123 Å². The third-order valence-electron chi connectivity index (χ3n) is 3.34.